The standard InChI is InChI=1S/C13H26N2O/c1-3-5-12(14)13(16)15-11-8-6-10(4-2)7-9-11/h10-12H,3-9,14H2,1-2H3,(H,15,16)/t10?,11?,12-/m0/s1. The molecule has 16 heavy (non-hydrogen) atoms. The first-order valence-electron chi connectivity index (χ1n) is 6.73. The minimum absolute atomic E-state index is 0.0433. The molecular formula is C13H26N2O. The van der Waals surface area contributed by atoms with Crippen LogP contribution in [0.3, 0.4) is 0 Å². The van der Waals surface area contributed by atoms with Gasteiger partial charge in [0.25, 0.3) is 0 Å². The van der Waals surface area contributed by atoms with Crippen LogP contribution in [-0.4, -0.2) is 18.0 Å². The van der Waals surface area contributed by atoms with Gasteiger partial charge < -0.3 is 11.1 Å². The van der Waals surface area contributed by atoms with Crippen molar-refractivity contribution >= 4 is 5.91 Å². The van der Waals surface area contributed by atoms with E-state index in [0.717, 1.165) is 31.6 Å². The monoisotopic (exact) mass is 226 g/mol. The lowest BCUT2D eigenvalue weighted by Gasteiger charge is -2.29. The minimum Gasteiger partial charge on any atom is -0.352 e. The Balaban J connectivity index is 2.25. The second-order valence-electron chi connectivity index (χ2n) is 5.03. The lowest BCUT2D eigenvalue weighted by Crippen LogP contribution is -2.46. The summed E-state index contributed by atoms with van der Waals surface area (Å²) < 4.78 is 0. The molecule has 1 atom stereocenters. The summed E-state index contributed by atoms with van der Waals surface area (Å²) in [5.74, 6) is 0.916. The minimum atomic E-state index is -0.311. The quantitative estimate of drug-likeness (QED) is 0.755. The number of amides is 1. The average molecular weight is 226 g/mol. The van der Waals surface area contributed by atoms with Crippen molar-refractivity contribution in [1.29, 1.82) is 0 Å². The number of hydrogen-bond acceptors (Lipinski definition) is 2. The molecule has 0 spiro atoms. The van der Waals surface area contributed by atoms with E-state index in [2.05, 4.69) is 19.2 Å². The van der Waals surface area contributed by atoms with Crippen molar-refractivity contribution in [3.63, 3.8) is 0 Å². The highest BCUT2D eigenvalue weighted by molar-refractivity contribution is 5.81. The fourth-order valence-electron chi connectivity index (χ4n) is 2.47. The molecule has 0 aromatic rings. The van der Waals surface area contributed by atoms with E-state index in [1.807, 2.05) is 0 Å². The van der Waals surface area contributed by atoms with Crippen LogP contribution in [0.2, 0.25) is 0 Å². The van der Waals surface area contributed by atoms with E-state index in [1.54, 1.807) is 0 Å². The molecule has 1 rings (SSSR count). The van der Waals surface area contributed by atoms with Gasteiger partial charge in [0.05, 0.1) is 6.04 Å². The van der Waals surface area contributed by atoms with Crippen LogP contribution in [0.4, 0.5) is 0 Å². The van der Waals surface area contributed by atoms with Crippen LogP contribution in [0.5, 0.6) is 0 Å². The zero-order valence-electron chi connectivity index (χ0n) is 10.7. The largest absolute Gasteiger partial charge is 0.352 e. The molecule has 1 aliphatic carbocycles. The molecule has 0 unspecified atom stereocenters. The lowest BCUT2D eigenvalue weighted by molar-refractivity contribution is -0.123. The van der Waals surface area contributed by atoms with Gasteiger partial charge in [-0.3, -0.25) is 4.79 Å². The van der Waals surface area contributed by atoms with Gasteiger partial charge in [0.1, 0.15) is 0 Å². The van der Waals surface area contributed by atoms with E-state index in [9.17, 15) is 4.79 Å². The summed E-state index contributed by atoms with van der Waals surface area (Å²) in [6.45, 7) is 4.31. The molecule has 0 radical (unpaired) electrons. The van der Waals surface area contributed by atoms with Gasteiger partial charge in [0, 0.05) is 6.04 Å². The summed E-state index contributed by atoms with van der Waals surface area (Å²) in [6.07, 6.45) is 7.80. The van der Waals surface area contributed by atoms with Gasteiger partial charge in [0.15, 0.2) is 0 Å². The Morgan fingerprint density at radius 1 is 1.31 bits per heavy atom. The molecule has 0 aliphatic heterocycles. The molecular weight excluding hydrogens is 200 g/mol. The highest BCUT2D eigenvalue weighted by Crippen LogP contribution is 2.26. The zero-order chi connectivity index (χ0) is 12.0. The maximum absolute atomic E-state index is 11.7. The van der Waals surface area contributed by atoms with Crippen molar-refractivity contribution in [2.24, 2.45) is 11.7 Å². The predicted molar refractivity (Wildman–Crippen MR) is 67.1 cm³/mol. The Bertz CT molecular complexity index is 210. The first kappa shape index (κ1) is 13.5. The van der Waals surface area contributed by atoms with Gasteiger partial charge in [-0.1, -0.05) is 26.7 Å². The molecule has 0 aromatic heterocycles. The van der Waals surface area contributed by atoms with Gasteiger partial charge in [-0.15, -0.1) is 0 Å². The third-order valence-corrected chi connectivity index (χ3v) is 3.71. The molecule has 94 valence electrons. The smallest absolute Gasteiger partial charge is 0.237 e. The molecule has 3 heteroatoms. The molecule has 1 fully saturated rings. The van der Waals surface area contributed by atoms with Crippen LogP contribution in [0.25, 0.3) is 0 Å². The Hall–Kier alpha value is -0.570. The van der Waals surface area contributed by atoms with Crippen LogP contribution in [0.15, 0.2) is 0 Å². The summed E-state index contributed by atoms with van der Waals surface area (Å²) in [6, 6.07) is 0.0621. The third-order valence-electron chi connectivity index (χ3n) is 3.71. The number of carbonyl (C=O) groups is 1. The average Bonchev–Trinajstić information content (AvgIpc) is 2.30. The molecule has 3 N–H and O–H groups in total. The molecule has 1 saturated carbocycles. The van der Waals surface area contributed by atoms with Crippen molar-refractivity contribution in [2.45, 2.75) is 70.9 Å². The number of hydrogen-bond donors (Lipinski definition) is 2. The maximum atomic E-state index is 11.7. The van der Waals surface area contributed by atoms with E-state index in [0.29, 0.717) is 6.04 Å². The summed E-state index contributed by atoms with van der Waals surface area (Å²) in [5.41, 5.74) is 5.79. The molecule has 0 aromatic carbocycles. The second-order valence-corrected chi connectivity index (χ2v) is 5.03. The maximum Gasteiger partial charge on any atom is 0.237 e. The first-order valence-corrected chi connectivity index (χ1v) is 6.73. The van der Waals surface area contributed by atoms with Crippen molar-refractivity contribution < 1.29 is 4.79 Å². The SMILES string of the molecule is CCC[C@H](N)C(=O)NC1CCC(CC)CC1. The van der Waals surface area contributed by atoms with E-state index in [4.69, 9.17) is 5.73 Å². The van der Waals surface area contributed by atoms with E-state index in [-0.39, 0.29) is 11.9 Å². The Morgan fingerprint density at radius 3 is 2.44 bits per heavy atom. The normalized spacial score (nSPS) is 27.4. The van der Waals surface area contributed by atoms with Gasteiger partial charge in [-0.2, -0.15) is 0 Å². The van der Waals surface area contributed by atoms with Crippen molar-refractivity contribution in [2.75, 3.05) is 0 Å². The topological polar surface area (TPSA) is 55.1 Å². The number of nitrogens with two attached hydrogens (primary N) is 1. The Kier molecular flexibility index (Phi) is 5.81. The fraction of sp³-hybridized carbons (Fsp3) is 0.923. The first-order chi connectivity index (χ1) is 7.67. The lowest BCUT2D eigenvalue weighted by atomic mass is 9.84. The molecule has 0 heterocycles. The molecule has 1 aliphatic rings. The Labute approximate surface area is 99.2 Å². The number of nitrogens with one attached hydrogen (secondary N) is 1. The van der Waals surface area contributed by atoms with Crippen molar-refractivity contribution in [3.8, 4) is 0 Å². The molecule has 0 saturated heterocycles. The van der Waals surface area contributed by atoms with Crippen LogP contribution in [-0.2, 0) is 4.79 Å². The van der Waals surface area contributed by atoms with Crippen molar-refractivity contribution in [3.05, 3.63) is 0 Å². The Morgan fingerprint density at radius 2 is 1.94 bits per heavy atom. The van der Waals surface area contributed by atoms with Crippen LogP contribution >= 0.6 is 0 Å². The summed E-state index contributed by atoms with van der Waals surface area (Å²) in [5, 5.41) is 3.08. The fourth-order valence-corrected chi connectivity index (χ4v) is 2.47. The molecule has 0 bridgehead atoms. The van der Waals surface area contributed by atoms with E-state index in [1.165, 1.54) is 19.3 Å². The van der Waals surface area contributed by atoms with Gasteiger partial charge in [-0.05, 0) is 38.0 Å². The third kappa shape index (κ3) is 4.12. The van der Waals surface area contributed by atoms with E-state index >= 15 is 0 Å². The number of carbonyl (C=O) groups excluding carboxylic acids is 1. The summed E-state index contributed by atoms with van der Waals surface area (Å²) in [7, 11) is 0. The predicted octanol–water partition coefficient (Wildman–Crippen LogP) is 2.20. The van der Waals surface area contributed by atoms with Gasteiger partial charge in [0.2, 0.25) is 5.91 Å². The van der Waals surface area contributed by atoms with Crippen LogP contribution in [0.1, 0.15) is 58.8 Å². The second kappa shape index (κ2) is 6.89. The van der Waals surface area contributed by atoms with Gasteiger partial charge >= 0.3 is 0 Å². The highest BCUT2D eigenvalue weighted by atomic mass is 16.2. The van der Waals surface area contributed by atoms with Gasteiger partial charge in [-0.25, -0.2) is 0 Å². The molecule has 1 amide bonds. The summed E-state index contributed by atoms with van der Waals surface area (Å²) >= 11 is 0. The van der Waals surface area contributed by atoms with E-state index < -0.39 is 0 Å². The highest BCUT2D eigenvalue weighted by Gasteiger charge is 2.22. The van der Waals surface area contributed by atoms with Crippen molar-refractivity contribution in [1.82, 2.24) is 5.32 Å². The zero-order valence-corrected chi connectivity index (χ0v) is 10.7. The molecule has 3 nitrogen and oxygen atoms in total. The number of rotatable bonds is 5. The van der Waals surface area contributed by atoms with Crippen LogP contribution in [0, 0.1) is 5.92 Å². The summed E-state index contributed by atoms with van der Waals surface area (Å²) in [4.78, 5) is 11.7. The van der Waals surface area contributed by atoms with Crippen LogP contribution < -0.4 is 11.1 Å².